The first-order valence-corrected chi connectivity index (χ1v) is 7.44. The Morgan fingerprint density at radius 3 is 2.89 bits per heavy atom. The zero-order valence-corrected chi connectivity index (χ0v) is 12.4. The standard InChI is InChI=1S/C14H21NO3S/c1-14(2,3)18-13(17)15-7-6-10(9-15)12(16)11-5-4-8-19-11/h4-5,8,10,12,16H,6-7,9H2,1-3H3. The van der Waals surface area contributed by atoms with Gasteiger partial charge in [-0.15, -0.1) is 11.3 Å². The molecular formula is C14H21NO3S. The van der Waals surface area contributed by atoms with Gasteiger partial charge in [-0.05, 0) is 38.6 Å². The molecule has 0 aromatic carbocycles. The molecule has 1 aromatic rings. The second-order valence-corrected chi connectivity index (χ2v) is 6.91. The Kier molecular flexibility index (Phi) is 4.16. The van der Waals surface area contributed by atoms with E-state index in [1.807, 2.05) is 38.3 Å². The van der Waals surface area contributed by atoms with Crippen LogP contribution in [0.4, 0.5) is 4.79 Å². The lowest BCUT2D eigenvalue weighted by molar-refractivity contribution is 0.0269. The number of likely N-dealkylation sites (tertiary alicyclic amines) is 1. The van der Waals surface area contributed by atoms with E-state index >= 15 is 0 Å². The van der Waals surface area contributed by atoms with Gasteiger partial charge in [0, 0.05) is 23.9 Å². The smallest absolute Gasteiger partial charge is 0.410 e. The van der Waals surface area contributed by atoms with Crippen molar-refractivity contribution in [1.82, 2.24) is 4.90 Å². The quantitative estimate of drug-likeness (QED) is 0.907. The third-order valence-corrected chi connectivity index (χ3v) is 4.10. The molecule has 1 aromatic heterocycles. The molecule has 0 radical (unpaired) electrons. The number of amides is 1. The first kappa shape index (κ1) is 14.3. The number of aliphatic hydroxyl groups is 1. The van der Waals surface area contributed by atoms with Crippen LogP contribution in [-0.2, 0) is 4.74 Å². The van der Waals surface area contributed by atoms with Crippen molar-refractivity contribution in [2.24, 2.45) is 5.92 Å². The zero-order chi connectivity index (χ0) is 14.0. The van der Waals surface area contributed by atoms with E-state index in [0.717, 1.165) is 11.3 Å². The van der Waals surface area contributed by atoms with E-state index < -0.39 is 11.7 Å². The maximum Gasteiger partial charge on any atom is 0.410 e. The van der Waals surface area contributed by atoms with E-state index in [-0.39, 0.29) is 12.0 Å². The van der Waals surface area contributed by atoms with Crippen LogP contribution in [0.2, 0.25) is 0 Å². The largest absolute Gasteiger partial charge is 0.444 e. The number of thiophene rings is 1. The summed E-state index contributed by atoms with van der Waals surface area (Å²) in [6, 6.07) is 3.87. The first-order valence-electron chi connectivity index (χ1n) is 6.56. The van der Waals surface area contributed by atoms with Crippen molar-refractivity contribution in [2.45, 2.75) is 38.9 Å². The van der Waals surface area contributed by atoms with Crippen molar-refractivity contribution >= 4 is 17.4 Å². The topological polar surface area (TPSA) is 49.8 Å². The van der Waals surface area contributed by atoms with Crippen LogP contribution in [0, 0.1) is 5.92 Å². The molecule has 2 unspecified atom stereocenters. The van der Waals surface area contributed by atoms with Gasteiger partial charge in [-0.2, -0.15) is 0 Å². The van der Waals surface area contributed by atoms with Gasteiger partial charge in [0.2, 0.25) is 0 Å². The molecule has 0 aliphatic carbocycles. The fraction of sp³-hybridized carbons (Fsp3) is 0.643. The molecule has 0 spiro atoms. The molecule has 5 heteroatoms. The Balaban J connectivity index is 1.91. The second-order valence-electron chi connectivity index (χ2n) is 5.94. The Hall–Kier alpha value is -1.07. The van der Waals surface area contributed by atoms with Gasteiger partial charge < -0.3 is 14.7 Å². The maximum absolute atomic E-state index is 11.9. The average molecular weight is 283 g/mol. The minimum atomic E-state index is -0.479. The maximum atomic E-state index is 11.9. The van der Waals surface area contributed by atoms with Crippen LogP contribution in [0.1, 0.15) is 38.2 Å². The van der Waals surface area contributed by atoms with Crippen LogP contribution in [0.15, 0.2) is 17.5 Å². The van der Waals surface area contributed by atoms with Crippen molar-refractivity contribution in [3.63, 3.8) is 0 Å². The van der Waals surface area contributed by atoms with Crippen LogP contribution in [0.3, 0.4) is 0 Å². The van der Waals surface area contributed by atoms with Crippen LogP contribution in [0.25, 0.3) is 0 Å². The highest BCUT2D eigenvalue weighted by molar-refractivity contribution is 7.10. The lowest BCUT2D eigenvalue weighted by Crippen LogP contribution is -2.35. The number of rotatable bonds is 2. The number of carbonyl (C=O) groups excluding carboxylic acids is 1. The molecule has 2 heterocycles. The van der Waals surface area contributed by atoms with E-state index in [9.17, 15) is 9.90 Å². The molecular weight excluding hydrogens is 262 g/mol. The lowest BCUT2D eigenvalue weighted by Gasteiger charge is -2.24. The van der Waals surface area contributed by atoms with E-state index in [2.05, 4.69) is 0 Å². The van der Waals surface area contributed by atoms with Gasteiger partial charge in [-0.3, -0.25) is 0 Å². The molecule has 1 aliphatic rings. The SMILES string of the molecule is CC(C)(C)OC(=O)N1CCC(C(O)c2cccs2)C1. The molecule has 1 aliphatic heterocycles. The molecule has 1 saturated heterocycles. The summed E-state index contributed by atoms with van der Waals surface area (Å²) < 4.78 is 5.35. The lowest BCUT2D eigenvalue weighted by atomic mass is 10.0. The summed E-state index contributed by atoms with van der Waals surface area (Å²) in [6.45, 7) is 6.80. The third-order valence-electron chi connectivity index (χ3n) is 3.16. The molecule has 106 valence electrons. The van der Waals surface area contributed by atoms with Crippen LogP contribution < -0.4 is 0 Å². The Labute approximate surface area is 118 Å². The highest BCUT2D eigenvalue weighted by atomic mass is 32.1. The number of hydrogen-bond donors (Lipinski definition) is 1. The Morgan fingerprint density at radius 2 is 2.32 bits per heavy atom. The number of aliphatic hydroxyl groups excluding tert-OH is 1. The van der Waals surface area contributed by atoms with Gasteiger partial charge in [-0.1, -0.05) is 6.07 Å². The van der Waals surface area contributed by atoms with E-state index in [1.165, 1.54) is 0 Å². The van der Waals surface area contributed by atoms with E-state index in [4.69, 9.17) is 4.74 Å². The molecule has 2 atom stereocenters. The van der Waals surface area contributed by atoms with Crippen LogP contribution >= 0.6 is 11.3 Å². The van der Waals surface area contributed by atoms with Gasteiger partial charge in [0.05, 0.1) is 6.10 Å². The van der Waals surface area contributed by atoms with Gasteiger partial charge in [0.15, 0.2) is 0 Å². The number of hydrogen-bond acceptors (Lipinski definition) is 4. The fourth-order valence-electron chi connectivity index (χ4n) is 2.23. The summed E-state index contributed by atoms with van der Waals surface area (Å²) in [5.41, 5.74) is -0.471. The molecule has 19 heavy (non-hydrogen) atoms. The molecule has 0 saturated carbocycles. The third kappa shape index (κ3) is 3.70. The number of carbonyl (C=O) groups is 1. The summed E-state index contributed by atoms with van der Waals surface area (Å²) in [4.78, 5) is 14.6. The van der Waals surface area contributed by atoms with Crippen molar-refractivity contribution in [1.29, 1.82) is 0 Å². The van der Waals surface area contributed by atoms with Crippen molar-refractivity contribution in [3.8, 4) is 0 Å². The van der Waals surface area contributed by atoms with Gasteiger partial charge >= 0.3 is 6.09 Å². The monoisotopic (exact) mass is 283 g/mol. The Bertz CT molecular complexity index is 424. The summed E-state index contributed by atoms with van der Waals surface area (Å²) in [5, 5.41) is 12.2. The number of nitrogens with zero attached hydrogens (tertiary/aromatic N) is 1. The molecule has 4 nitrogen and oxygen atoms in total. The second kappa shape index (κ2) is 5.51. The Morgan fingerprint density at radius 1 is 1.58 bits per heavy atom. The molecule has 1 amide bonds. The summed E-state index contributed by atoms with van der Waals surface area (Å²) >= 11 is 1.55. The minimum absolute atomic E-state index is 0.103. The summed E-state index contributed by atoms with van der Waals surface area (Å²) in [6.07, 6.45) is 0.0546. The average Bonchev–Trinajstić information content (AvgIpc) is 2.98. The van der Waals surface area contributed by atoms with Crippen LogP contribution in [0.5, 0.6) is 0 Å². The predicted molar refractivity (Wildman–Crippen MR) is 75.2 cm³/mol. The van der Waals surface area contributed by atoms with Gasteiger partial charge in [-0.25, -0.2) is 4.79 Å². The first-order chi connectivity index (χ1) is 8.87. The van der Waals surface area contributed by atoms with Crippen LogP contribution in [-0.4, -0.2) is 34.8 Å². The van der Waals surface area contributed by atoms with Crippen molar-refractivity contribution < 1.29 is 14.6 Å². The fourth-order valence-corrected chi connectivity index (χ4v) is 3.03. The number of ether oxygens (including phenoxy) is 1. The van der Waals surface area contributed by atoms with Gasteiger partial charge in [0.25, 0.3) is 0 Å². The highest BCUT2D eigenvalue weighted by Gasteiger charge is 2.34. The van der Waals surface area contributed by atoms with E-state index in [0.29, 0.717) is 13.1 Å². The van der Waals surface area contributed by atoms with E-state index in [1.54, 1.807) is 16.2 Å². The molecule has 0 bridgehead atoms. The molecule has 1 fully saturated rings. The van der Waals surface area contributed by atoms with Crippen molar-refractivity contribution in [2.75, 3.05) is 13.1 Å². The normalized spacial score (nSPS) is 21.5. The van der Waals surface area contributed by atoms with Crippen molar-refractivity contribution in [3.05, 3.63) is 22.4 Å². The summed E-state index contributed by atoms with van der Waals surface area (Å²) in [7, 11) is 0. The molecule has 2 rings (SSSR count). The predicted octanol–water partition coefficient (Wildman–Crippen LogP) is 3.04. The minimum Gasteiger partial charge on any atom is -0.444 e. The highest BCUT2D eigenvalue weighted by Crippen LogP contribution is 2.32. The van der Waals surface area contributed by atoms with Gasteiger partial charge in [0.1, 0.15) is 5.60 Å². The summed E-state index contributed by atoms with van der Waals surface area (Å²) in [5.74, 6) is 0.103. The molecule has 1 N–H and O–H groups in total. The zero-order valence-electron chi connectivity index (χ0n) is 11.6.